The number of hydrogen-bond acceptors (Lipinski definition) is 6. The predicted molar refractivity (Wildman–Crippen MR) is 100 cm³/mol. The highest BCUT2D eigenvalue weighted by Crippen LogP contribution is 2.63. The Bertz CT molecular complexity index is 833. The SMILES string of the molecule is C[C@]1(CO)CCC[C@]2(C)[C@@H]1[C@@H](OC(=O)c1ccccc1)C=C1C(=O)OC[C@@]12O. The Morgan fingerprint density at radius 1 is 1.25 bits per heavy atom. The smallest absolute Gasteiger partial charge is 0.338 e. The van der Waals surface area contributed by atoms with Crippen LogP contribution in [0.4, 0.5) is 0 Å². The van der Waals surface area contributed by atoms with Crippen LogP contribution < -0.4 is 0 Å². The third-order valence-electron chi connectivity index (χ3n) is 7.18. The minimum absolute atomic E-state index is 0.0965. The highest BCUT2D eigenvalue weighted by molar-refractivity contribution is 5.94. The van der Waals surface area contributed by atoms with Gasteiger partial charge in [0, 0.05) is 17.9 Å². The molecule has 2 N–H and O–H groups in total. The molecule has 1 aromatic rings. The first kappa shape index (κ1) is 19.2. The van der Waals surface area contributed by atoms with Gasteiger partial charge in [-0.15, -0.1) is 0 Å². The highest BCUT2D eigenvalue weighted by atomic mass is 16.6. The van der Waals surface area contributed by atoms with Crippen molar-refractivity contribution in [2.24, 2.45) is 16.7 Å². The maximum Gasteiger partial charge on any atom is 0.338 e. The fraction of sp³-hybridized carbons (Fsp3) is 0.545. The summed E-state index contributed by atoms with van der Waals surface area (Å²) in [6.07, 6.45) is 3.00. The summed E-state index contributed by atoms with van der Waals surface area (Å²) >= 11 is 0. The van der Waals surface area contributed by atoms with Gasteiger partial charge in [-0.2, -0.15) is 0 Å². The maximum atomic E-state index is 12.8. The number of esters is 2. The molecule has 0 radical (unpaired) electrons. The normalized spacial score (nSPS) is 39.4. The number of ether oxygens (including phenoxy) is 2. The molecule has 28 heavy (non-hydrogen) atoms. The largest absolute Gasteiger partial charge is 0.459 e. The maximum absolute atomic E-state index is 12.8. The lowest BCUT2D eigenvalue weighted by molar-refractivity contribution is -0.185. The molecule has 0 aromatic heterocycles. The Hall–Kier alpha value is -2.18. The monoisotopic (exact) mass is 386 g/mol. The third kappa shape index (κ3) is 2.54. The van der Waals surface area contributed by atoms with Crippen LogP contribution in [0.15, 0.2) is 42.0 Å². The van der Waals surface area contributed by atoms with Gasteiger partial charge in [0.1, 0.15) is 18.3 Å². The first-order chi connectivity index (χ1) is 13.2. The summed E-state index contributed by atoms with van der Waals surface area (Å²) in [5, 5.41) is 21.7. The molecule has 1 saturated carbocycles. The average Bonchev–Trinajstić information content (AvgIpc) is 2.98. The van der Waals surface area contributed by atoms with Gasteiger partial charge >= 0.3 is 11.9 Å². The van der Waals surface area contributed by atoms with Gasteiger partial charge in [-0.1, -0.05) is 38.5 Å². The molecule has 0 bridgehead atoms. The molecule has 1 saturated heterocycles. The van der Waals surface area contributed by atoms with E-state index in [1.165, 1.54) is 0 Å². The predicted octanol–water partition coefficient (Wildman–Crippen LogP) is 2.24. The number of rotatable bonds is 3. The van der Waals surface area contributed by atoms with E-state index in [9.17, 15) is 19.8 Å². The first-order valence-electron chi connectivity index (χ1n) is 9.74. The lowest BCUT2D eigenvalue weighted by Crippen LogP contribution is -2.65. The number of aliphatic hydroxyl groups is 2. The molecular weight excluding hydrogens is 360 g/mol. The van der Waals surface area contributed by atoms with Crippen LogP contribution in [0.5, 0.6) is 0 Å². The summed E-state index contributed by atoms with van der Waals surface area (Å²) in [7, 11) is 0. The van der Waals surface area contributed by atoms with Gasteiger partial charge in [0.25, 0.3) is 0 Å². The van der Waals surface area contributed by atoms with Crippen LogP contribution in [0, 0.1) is 16.7 Å². The molecule has 0 amide bonds. The second-order valence-electron chi connectivity index (χ2n) is 8.81. The van der Waals surface area contributed by atoms with Gasteiger partial charge < -0.3 is 19.7 Å². The molecule has 1 aliphatic heterocycles. The van der Waals surface area contributed by atoms with E-state index < -0.39 is 34.5 Å². The van der Waals surface area contributed by atoms with Crippen LogP contribution in [0.25, 0.3) is 0 Å². The van der Waals surface area contributed by atoms with Crippen molar-refractivity contribution in [3.8, 4) is 0 Å². The van der Waals surface area contributed by atoms with Gasteiger partial charge in [-0.3, -0.25) is 0 Å². The van der Waals surface area contributed by atoms with Crippen molar-refractivity contribution in [2.75, 3.05) is 13.2 Å². The number of cyclic esters (lactones) is 1. The zero-order chi connectivity index (χ0) is 20.2. The molecule has 5 atom stereocenters. The number of fused-ring (bicyclic) bond motifs is 3. The fourth-order valence-electron chi connectivity index (χ4n) is 5.64. The number of hydrogen-bond donors (Lipinski definition) is 2. The molecule has 3 aliphatic rings. The molecule has 1 heterocycles. The summed E-state index contributed by atoms with van der Waals surface area (Å²) in [6, 6.07) is 8.67. The topological polar surface area (TPSA) is 93.1 Å². The second-order valence-corrected chi connectivity index (χ2v) is 8.81. The molecule has 4 rings (SSSR count). The standard InChI is InChI=1S/C22H26O6/c1-20(12-23)9-6-10-21(2)17(20)16(11-15-19(25)27-13-22(15,21)26)28-18(24)14-7-4-3-5-8-14/h3-5,7-8,11,16-17,23,26H,6,9-10,12-13H2,1-2H3/t16-,17+,20+,21+,22+/m0/s1. The minimum Gasteiger partial charge on any atom is -0.459 e. The Morgan fingerprint density at radius 3 is 2.64 bits per heavy atom. The zero-order valence-corrected chi connectivity index (χ0v) is 16.2. The van der Waals surface area contributed by atoms with Gasteiger partial charge in [-0.05, 0) is 36.5 Å². The number of carbonyl (C=O) groups is 2. The molecular formula is C22H26O6. The van der Waals surface area contributed by atoms with Crippen LogP contribution >= 0.6 is 0 Å². The van der Waals surface area contributed by atoms with E-state index in [0.717, 1.165) is 12.8 Å². The highest BCUT2D eigenvalue weighted by Gasteiger charge is 2.68. The molecule has 6 nitrogen and oxygen atoms in total. The summed E-state index contributed by atoms with van der Waals surface area (Å²) in [6.45, 7) is 3.67. The van der Waals surface area contributed by atoms with Crippen molar-refractivity contribution >= 4 is 11.9 Å². The number of carbonyl (C=O) groups excluding carboxylic acids is 2. The van der Waals surface area contributed by atoms with Crippen molar-refractivity contribution in [1.82, 2.24) is 0 Å². The molecule has 6 heteroatoms. The zero-order valence-electron chi connectivity index (χ0n) is 16.2. The summed E-state index contributed by atoms with van der Waals surface area (Å²) in [5.74, 6) is -1.42. The van der Waals surface area contributed by atoms with Crippen molar-refractivity contribution < 1.29 is 29.3 Å². The molecule has 0 spiro atoms. The lowest BCUT2D eigenvalue weighted by atomic mass is 9.46. The van der Waals surface area contributed by atoms with Crippen LogP contribution in [0.2, 0.25) is 0 Å². The van der Waals surface area contributed by atoms with Crippen LogP contribution in [-0.2, 0) is 14.3 Å². The number of benzene rings is 1. The van der Waals surface area contributed by atoms with E-state index in [-0.39, 0.29) is 24.7 Å². The van der Waals surface area contributed by atoms with E-state index in [1.807, 2.05) is 19.9 Å². The molecule has 0 unspecified atom stereocenters. The van der Waals surface area contributed by atoms with Crippen LogP contribution in [0.1, 0.15) is 43.5 Å². The van der Waals surface area contributed by atoms with Crippen LogP contribution in [-0.4, -0.2) is 47.1 Å². The van der Waals surface area contributed by atoms with Gasteiger partial charge in [0.05, 0.1) is 11.1 Å². The molecule has 2 fully saturated rings. The van der Waals surface area contributed by atoms with Crippen molar-refractivity contribution in [2.45, 2.75) is 44.8 Å². The average molecular weight is 386 g/mol. The molecule has 1 aromatic carbocycles. The summed E-state index contributed by atoms with van der Waals surface area (Å²) in [4.78, 5) is 25.1. The van der Waals surface area contributed by atoms with Crippen molar-refractivity contribution in [3.05, 3.63) is 47.5 Å². The van der Waals surface area contributed by atoms with E-state index in [1.54, 1.807) is 30.3 Å². The van der Waals surface area contributed by atoms with E-state index in [0.29, 0.717) is 12.0 Å². The Labute approximate surface area is 164 Å². The first-order valence-corrected chi connectivity index (χ1v) is 9.74. The Morgan fingerprint density at radius 2 is 1.96 bits per heavy atom. The van der Waals surface area contributed by atoms with Gasteiger partial charge in [0.2, 0.25) is 0 Å². The molecule has 2 aliphatic carbocycles. The van der Waals surface area contributed by atoms with E-state index in [2.05, 4.69) is 0 Å². The Balaban J connectivity index is 1.80. The second kappa shape index (κ2) is 6.42. The van der Waals surface area contributed by atoms with Crippen LogP contribution in [0.3, 0.4) is 0 Å². The minimum atomic E-state index is -1.44. The van der Waals surface area contributed by atoms with E-state index >= 15 is 0 Å². The number of aliphatic hydroxyl groups excluding tert-OH is 1. The Kier molecular flexibility index (Phi) is 4.39. The van der Waals surface area contributed by atoms with Gasteiger partial charge in [0.15, 0.2) is 0 Å². The lowest BCUT2D eigenvalue weighted by Gasteiger charge is -2.60. The molecule has 150 valence electrons. The van der Waals surface area contributed by atoms with Crippen molar-refractivity contribution in [3.63, 3.8) is 0 Å². The van der Waals surface area contributed by atoms with Crippen molar-refractivity contribution in [1.29, 1.82) is 0 Å². The summed E-state index contributed by atoms with van der Waals surface area (Å²) in [5.41, 5.74) is -2.18. The van der Waals surface area contributed by atoms with Gasteiger partial charge in [-0.25, -0.2) is 9.59 Å². The summed E-state index contributed by atoms with van der Waals surface area (Å²) < 4.78 is 11.1. The quantitative estimate of drug-likeness (QED) is 0.774. The van der Waals surface area contributed by atoms with E-state index in [4.69, 9.17) is 9.47 Å². The fourth-order valence-corrected chi connectivity index (χ4v) is 5.64. The third-order valence-corrected chi connectivity index (χ3v) is 7.18.